The number of rotatable bonds is 6. The molecule has 0 unspecified atom stereocenters. The van der Waals surface area contributed by atoms with Crippen LogP contribution in [0.2, 0.25) is 0 Å². The van der Waals surface area contributed by atoms with Crippen LogP contribution in [0.1, 0.15) is 37.8 Å². The first-order valence-electron chi connectivity index (χ1n) is 6.80. The van der Waals surface area contributed by atoms with Crippen molar-refractivity contribution in [2.75, 3.05) is 11.8 Å². The van der Waals surface area contributed by atoms with Crippen LogP contribution in [0.3, 0.4) is 0 Å². The zero-order valence-corrected chi connectivity index (χ0v) is 12.6. The van der Waals surface area contributed by atoms with E-state index in [0.29, 0.717) is 17.7 Å². The van der Waals surface area contributed by atoms with E-state index in [1.165, 1.54) is 31.4 Å². The summed E-state index contributed by atoms with van der Waals surface area (Å²) in [4.78, 5) is 0. The average molecular weight is 289 g/mol. The number of hydrogen-bond acceptors (Lipinski definition) is 1. The molecule has 18 heavy (non-hydrogen) atoms. The molecular weight excluding hydrogens is 267 g/mol. The molecule has 1 aromatic rings. The smallest absolute Gasteiger partial charge is 0.0492 e. The van der Waals surface area contributed by atoms with E-state index < -0.39 is 0 Å². The fraction of sp³-hybridized carbons (Fsp3) is 0.786. The van der Waals surface area contributed by atoms with Crippen LogP contribution < -0.4 is 0 Å². The fourth-order valence-electron chi connectivity index (χ4n) is 3.15. The van der Waals surface area contributed by atoms with Crippen LogP contribution in [-0.2, 0) is 13.5 Å². The third-order valence-corrected chi connectivity index (χ3v) is 5.62. The first-order valence-corrected chi connectivity index (χ1v) is 7.87. The van der Waals surface area contributed by atoms with Gasteiger partial charge >= 0.3 is 0 Å². The van der Waals surface area contributed by atoms with Crippen LogP contribution in [0.15, 0.2) is 12.3 Å². The van der Waals surface area contributed by atoms with E-state index in [9.17, 15) is 0 Å². The van der Waals surface area contributed by atoms with Gasteiger partial charge in [0.25, 0.3) is 0 Å². The first kappa shape index (κ1) is 14.2. The highest BCUT2D eigenvalue weighted by Gasteiger charge is 2.38. The molecule has 2 nitrogen and oxygen atoms in total. The van der Waals surface area contributed by atoms with Gasteiger partial charge in [0, 0.05) is 36.1 Å². The standard InChI is InChI=1S/C14H22Cl2N2/c1-18-13(7-9-17-18)6-8-14(10-15,11-16)12-4-2-3-5-12/h7,9,12H,2-6,8,10-11H2,1H3. The number of aromatic nitrogens is 2. The zero-order valence-electron chi connectivity index (χ0n) is 11.0. The molecule has 102 valence electrons. The van der Waals surface area contributed by atoms with Crippen LogP contribution in [0.25, 0.3) is 0 Å². The Kier molecular flexibility index (Phi) is 4.97. The molecule has 0 aliphatic heterocycles. The summed E-state index contributed by atoms with van der Waals surface area (Å²) in [6.07, 6.45) is 9.22. The molecule has 0 bridgehead atoms. The van der Waals surface area contributed by atoms with Gasteiger partial charge in [-0.3, -0.25) is 4.68 Å². The highest BCUT2D eigenvalue weighted by molar-refractivity contribution is 6.21. The minimum Gasteiger partial charge on any atom is -0.273 e. The number of alkyl halides is 2. The van der Waals surface area contributed by atoms with Crippen LogP contribution in [0, 0.1) is 11.3 Å². The third kappa shape index (κ3) is 2.85. The van der Waals surface area contributed by atoms with E-state index in [4.69, 9.17) is 23.2 Å². The summed E-state index contributed by atoms with van der Waals surface area (Å²) in [6.45, 7) is 0. The van der Waals surface area contributed by atoms with Crippen molar-refractivity contribution in [1.29, 1.82) is 0 Å². The topological polar surface area (TPSA) is 17.8 Å². The molecular formula is C14H22Cl2N2. The molecule has 1 aliphatic rings. The molecule has 1 fully saturated rings. The molecule has 1 aromatic heterocycles. The van der Waals surface area contributed by atoms with Gasteiger partial charge in [-0.1, -0.05) is 12.8 Å². The minimum absolute atomic E-state index is 0.115. The summed E-state index contributed by atoms with van der Waals surface area (Å²) in [6, 6.07) is 2.09. The quantitative estimate of drug-likeness (QED) is 0.724. The summed E-state index contributed by atoms with van der Waals surface area (Å²) in [5, 5.41) is 4.22. The normalized spacial score (nSPS) is 17.5. The molecule has 1 aliphatic carbocycles. The van der Waals surface area contributed by atoms with E-state index in [1.807, 2.05) is 17.9 Å². The van der Waals surface area contributed by atoms with Gasteiger partial charge in [0.1, 0.15) is 0 Å². The average Bonchev–Trinajstić information content (AvgIpc) is 3.04. The van der Waals surface area contributed by atoms with Gasteiger partial charge in [0.05, 0.1) is 0 Å². The maximum Gasteiger partial charge on any atom is 0.0492 e. The molecule has 2 rings (SSSR count). The lowest BCUT2D eigenvalue weighted by molar-refractivity contribution is 0.207. The second kappa shape index (κ2) is 6.29. The monoisotopic (exact) mass is 288 g/mol. The predicted octanol–water partition coefficient (Wildman–Crippen LogP) is 4.01. The second-order valence-electron chi connectivity index (χ2n) is 5.56. The minimum atomic E-state index is 0.115. The Morgan fingerprint density at radius 2 is 2.00 bits per heavy atom. The number of halogens is 2. The lowest BCUT2D eigenvalue weighted by atomic mass is 9.74. The van der Waals surface area contributed by atoms with Crippen LogP contribution in [0.4, 0.5) is 0 Å². The predicted molar refractivity (Wildman–Crippen MR) is 77.4 cm³/mol. The van der Waals surface area contributed by atoms with Crippen molar-refractivity contribution >= 4 is 23.2 Å². The SMILES string of the molecule is Cn1nccc1CCC(CCl)(CCl)C1CCCC1. The van der Waals surface area contributed by atoms with E-state index in [-0.39, 0.29) is 5.41 Å². The van der Waals surface area contributed by atoms with Crippen molar-refractivity contribution in [3.8, 4) is 0 Å². The van der Waals surface area contributed by atoms with Gasteiger partial charge in [-0.05, 0) is 37.7 Å². The maximum absolute atomic E-state index is 6.28. The van der Waals surface area contributed by atoms with Gasteiger partial charge < -0.3 is 0 Å². The summed E-state index contributed by atoms with van der Waals surface area (Å²) in [7, 11) is 1.99. The third-order valence-electron chi connectivity index (χ3n) is 4.55. The molecule has 1 heterocycles. The molecule has 0 atom stereocenters. The largest absolute Gasteiger partial charge is 0.273 e. The second-order valence-corrected chi connectivity index (χ2v) is 6.09. The van der Waals surface area contributed by atoms with Gasteiger partial charge in [-0.15, -0.1) is 23.2 Å². The summed E-state index contributed by atoms with van der Waals surface area (Å²) >= 11 is 12.6. The maximum atomic E-state index is 6.28. The Morgan fingerprint density at radius 1 is 1.33 bits per heavy atom. The Labute approximate surface area is 120 Å². The molecule has 0 amide bonds. The number of aryl methyl sites for hydroxylation is 2. The van der Waals surface area contributed by atoms with Crippen molar-refractivity contribution in [2.45, 2.75) is 38.5 Å². The number of hydrogen-bond donors (Lipinski definition) is 0. The first-order chi connectivity index (χ1) is 8.72. The van der Waals surface area contributed by atoms with Gasteiger partial charge in [-0.2, -0.15) is 5.10 Å². The van der Waals surface area contributed by atoms with Crippen molar-refractivity contribution in [2.24, 2.45) is 18.4 Å². The Hall–Kier alpha value is -0.210. The molecule has 0 spiro atoms. The zero-order chi connectivity index (χ0) is 13.0. The number of nitrogens with zero attached hydrogens (tertiary/aromatic N) is 2. The van der Waals surface area contributed by atoms with E-state index >= 15 is 0 Å². The van der Waals surface area contributed by atoms with Gasteiger partial charge in [0.2, 0.25) is 0 Å². The summed E-state index contributed by atoms with van der Waals surface area (Å²) < 4.78 is 1.95. The molecule has 0 aromatic carbocycles. The Morgan fingerprint density at radius 3 is 2.50 bits per heavy atom. The van der Waals surface area contributed by atoms with Crippen molar-refractivity contribution in [3.63, 3.8) is 0 Å². The highest BCUT2D eigenvalue weighted by Crippen LogP contribution is 2.44. The van der Waals surface area contributed by atoms with Gasteiger partial charge in [0.15, 0.2) is 0 Å². The lowest BCUT2D eigenvalue weighted by Gasteiger charge is -2.36. The summed E-state index contributed by atoms with van der Waals surface area (Å²) in [5.74, 6) is 2.07. The van der Waals surface area contributed by atoms with Crippen molar-refractivity contribution < 1.29 is 0 Å². The lowest BCUT2D eigenvalue weighted by Crippen LogP contribution is -2.34. The van der Waals surface area contributed by atoms with Crippen LogP contribution in [0.5, 0.6) is 0 Å². The Bertz CT molecular complexity index is 366. The van der Waals surface area contributed by atoms with E-state index in [0.717, 1.165) is 12.8 Å². The van der Waals surface area contributed by atoms with Crippen molar-refractivity contribution in [1.82, 2.24) is 9.78 Å². The fourth-order valence-corrected chi connectivity index (χ4v) is 4.14. The van der Waals surface area contributed by atoms with Crippen LogP contribution in [-0.4, -0.2) is 21.5 Å². The van der Waals surface area contributed by atoms with Crippen molar-refractivity contribution in [3.05, 3.63) is 18.0 Å². The summed E-state index contributed by atoms with van der Waals surface area (Å²) in [5.41, 5.74) is 1.39. The van der Waals surface area contributed by atoms with E-state index in [2.05, 4.69) is 11.2 Å². The molecule has 0 saturated heterocycles. The highest BCUT2D eigenvalue weighted by atomic mass is 35.5. The van der Waals surface area contributed by atoms with Crippen LogP contribution >= 0.6 is 23.2 Å². The molecule has 0 N–H and O–H groups in total. The van der Waals surface area contributed by atoms with E-state index in [1.54, 1.807) is 0 Å². The molecule has 1 saturated carbocycles. The Balaban J connectivity index is 2.03. The van der Waals surface area contributed by atoms with Gasteiger partial charge in [-0.25, -0.2) is 0 Å². The molecule has 4 heteroatoms. The molecule has 0 radical (unpaired) electrons.